The van der Waals surface area contributed by atoms with Crippen molar-refractivity contribution < 1.29 is 5.11 Å². The van der Waals surface area contributed by atoms with Gasteiger partial charge in [-0.05, 0) is 32.4 Å². The van der Waals surface area contributed by atoms with Crippen molar-refractivity contribution in [3.05, 3.63) is 40.8 Å². The van der Waals surface area contributed by atoms with Crippen molar-refractivity contribution in [3.8, 4) is 17.5 Å². The summed E-state index contributed by atoms with van der Waals surface area (Å²) in [6, 6.07) is 5.56. The van der Waals surface area contributed by atoms with Gasteiger partial charge in [0, 0.05) is 11.8 Å². The Bertz CT molecular complexity index is 950. The first-order valence-corrected chi connectivity index (χ1v) is 6.79. The Morgan fingerprint density at radius 2 is 2.00 bits per heavy atom. The fourth-order valence-corrected chi connectivity index (χ4v) is 2.68. The van der Waals surface area contributed by atoms with Crippen LogP contribution in [0.5, 0.6) is 5.75 Å². The molecule has 0 bridgehead atoms. The van der Waals surface area contributed by atoms with Gasteiger partial charge in [-0.15, -0.1) is 0 Å². The lowest BCUT2D eigenvalue weighted by Gasteiger charge is -2.15. The van der Waals surface area contributed by atoms with Crippen LogP contribution in [-0.2, 0) is 0 Å². The number of aromatic hydroxyl groups is 1. The van der Waals surface area contributed by atoms with Crippen LogP contribution >= 0.6 is 0 Å². The molecule has 6 heteroatoms. The molecule has 3 aromatic rings. The third kappa shape index (κ3) is 1.79. The molecule has 0 amide bonds. The second-order valence-corrected chi connectivity index (χ2v) is 5.24. The molecule has 1 aromatic carbocycles. The van der Waals surface area contributed by atoms with Crippen LogP contribution in [0.4, 0.5) is 5.82 Å². The normalized spacial score (nSPS) is 10.8. The Balaban J connectivity index is 2.53. The SMILES string of the molecule is Cc1ncc2c(C#N)c(N)n(-c3c(C)ccc(O)c3C)c2n1. The van der Waals surface area contributed by atoms with E-state index < -0.39 is 0 Å². The minimum Gasteiger partial charge on any atom is -0.508 e. The molecule has 0 aliphatic heterocycles. The van der Waals surface area contributed by atoms with Gasteiger partial charge in [-0.1, -0.05) is 6.07 Å². The second-order valence-electron chi connectivity index (χ2n) is 5.24. The van der Waals surface area contributed by atoms with E-state index in [0.29, 0.717) is 33.8 Å². The zero-order chi connectivity index (χ0) is 16.0. The van der Waals surface area contributed by atoms with Crippen molar-refractivity contribution >= 4 is 16.9 Å². The fourth-order valence-electron chi connectivity index (χ4n) is 2.68. The number of nitriles is 1. The lowest BCUT2D eigenvalue weighted by atomic mass is 10.1. The largest absolute Gasteiger partial charge is 0.508 e. The number of nitrogens with zero attached hydrogens (tertiary/aromatic N) is 4. The van der Waals surface area contributed by atoms with E-state index in [1.807, 2.05) is 19.9 Å². The number of hydrogen-bond donors (Lipinski definition) is 2. The number of nitrogen functional groups attached to an aromatic ring is 1. The van der Waals surface area contributed by atoms with Crippen molar-refractivity contribution in [2.75, 3.05) is 5.73 Å². The molecule has 0 saturated heterocycles. The van der Waals surface area contributed by atoms with Gasteiger partial charge >= 0.3 is 0 Å². The summed E-state index contributed by atoms with van der Waals surface area (Å²) in [6.07, 6.45) is 1.61. The van der Waals surface area contributed by atoms with Crippen LogP contribution in [0.1, 0.15) is 22.5 Å². The Hall–Kier alpha value is -3.07. The van der Waals surface area contributed by atoms with Crippen molar-refractivity contribution in [2.45, 2.75) is 20.8 Å². The number of phenolic OH excluding ortho intramolecular Hbond substituents is 1. The molecule has 0 radical (unpaired) electrons. The van der Waals surface area contributed by atoms with Gasteiger partial charge in [0.2, 0.25) is 0 Å². The van der Waals surface area contributed by atoms with E-state index >= 15 is 0 Å². The summed E-state index contributed by atoms with van der Waals surface area (Å²) < 4.78 is 1.72. The van der Waals surface area contributed by atoms with E-state index in [2.05, 4.69) is 16.0 Å². The quantitative estimate of drug-likeness (QED) is 0.718. The lowest BCUT2D eigenvalue weighted by Crippen LogP contribution is -2.06. The molecule has 3 rings (SSSR count). The first kappa shape index (κ1) is 13.9. The van der Waals surface area contributed by atoms with Gasteiger partial charge in [0.25, 0.3) is 0 Å². The zero-order valence-electron chi connectivity index (χ0n) is 12.5. The summed E-state index contributed by atoms with van der Waals surface area (Å²) in [5.74, 6) is 1.06. The first-order chi connectivity index (χ1) is 10.5. The number of phenols is 1. The molecule has 0 unspecified atom stereocenters. The van der Waals surface area contributed by atoms with Gasteiger partial charge in [-0.2, -0.15) is 5.26 Å². The molecule has 0 aliphatic rings. The number of hydrogen-bond acceptors (Lipinski definition) is 5. The smallest absolute Gasteiger partial charge is 0.151 e. The van der Waals surface area contributed by atoms with Crippen LogP contribution in [0.25, 0.3) is 16.7 Å². The topological polar surface area (TPSA) is 101 Å². The number of anilines is 1. The average molecular weight is 293 g/mol. The maximum Gasteiger partial charge on any atom is 0.151 e. The average Bonchev–Trinajstić information content (AvgIpc) is 2.75. The summed E-state index contributed by atoms with van der Waals surface area (Å²) >= 11 is 0. The molecule has 22 heavy (non-hydrogen) atoms. The Labute approximate surface area is 127 Å². The lowest BCUT2D eigenvalue weighted by molar-refractivity contribution is 0.470. The highest BCUT2D eigenvalue weighted by Crippen LogP contribution is 2.34. The van der Waals surface area contributed by atoms with E-state index in [1.165, 1.54) is 0 Å². The standard InChI is InChI=1S/C16H15N5O/c1-8-4-5-13(22)9(2)14(8)21-15(18)11(6-17)12-7-19-10(3)20-16(12)21/h4-5,7,22H,18H2,1-3H3. The predicted molar refractivity (Wildman–Crippen MR) is 83.9 cm³/mol. The monoisotopic (exact) mass is 293 g/mol. The fraction of sp³-hybridized carbons (Fsp3) is 0.188. The van der Waals surface area contributed by atoms with Crippen LogP contribution in [0.3, 0.4) is 0 Å². The Morgan fingerprint density at radius 3 is 2.68 bits per heavy atom. The first-order valence-electron chi connectivity index (χ1n) is 6.79. The number of aryl methyl sites for hydroxylation is 2. The molecule has 2 aromatic heterocycles. The predicted octanol–water partition coefficient (Wildman–Crippen LogP) is 2.51. The summed E-state index contributed by atoms with van der Waals surface area (Å²) in [4.78, 5) is 8.58. The highest BCUT2D eigenvalue weighted by Gasteiger charge is 2.21. The maximum atomic E-state index is 10.0. The molecule has 0 atom stereocenters. The molecule has 0 spiro atoms. The molecule has 0 aliphatic carbocycles. The molecule has 6 nitrogen and oxygen atoms in total. The van der Waals surface area contributed by atoms with Crippen LogP contribution in [0, 0.1) is 32.1 Å². The third-order valence-electron chi connectivity index (χ3n) is 3.81. The Morgan fingerprint density at radius 1 is 1.27 bits per heavy atom. The molecular weight excluding hydrogens is 278 g/mol. The summed E-state index contributed by atoms with van der Waals surface area (Å²) in [6.45, 7) is 5.51. The number of fused-ring (bicyclic) bond motifs is 1. The Kier molecular flexibility index (Phi) is 2.99. The van der Waals surface area contributed by atoms with Crippen molar-refractivity contribution in [2.24, 2.45) is 0 Å². The molecule has 110 valence electrons. The molecule has 2 heterocycles. The summed E-state index contributed by atoms with van der Waals surface area (Å²) in [5, 5.41) is 20.0. The van der Waals surface area contributed by atoms with E-state index in [0.717, 1.165) is 11.3 Å². The van der Waals surface area contributed by atoms with Crippen molar-refractivity contribution in [1.82, 2.24) is 14.5 Å². The summed E-state index contributed by atoms with van der Waals surface area (Å²) in [5.41, 5.74) is 9.45. The van der Waals surface area contributed by atoms with E-state index in [4.69, 9.17) is 5.73 Å². The second kappa shape index (κ2) is 4.74. The highest BCUT2D eigenvalue weighted by atomic mass is 16.3. The molecule has 0 fully saturated rings. The van der Waals surface area contributed by atoms with E-state index in [1.54, 1.807) is 23.8 Å². The maximum absolute atomic E-state index is 10.0. The number of nitrogens with two attached hydrogens (primary N) is 1. The van der Waals surface area contributed by atoms with Gasteiger partial charge in [0.05, 0.1) is 11.1 Å². The zero-order valence-corrected chi connectivity index (χ0v) is 12.5. The van der Waals surface area contributed by atoms with E-state index in [9.17, 15) is 10.4 Å². The molecular formula is C16H15N5O. The third-order valence-corrected chi connectivity index (χ3v) is 3.81. The van der Waals surface area contributed by atoms with Crippen LogP contribution in [0.15, 0.2) is 18.3 Å². The van der Waals surface area contributed by atoms with Gasteiger partial charge in [0.1, 0.15) is 29.0 Å². The van der Waals surface area contributed by atoms with Crippen molar-refractivity contribution in [3.63, 3.8) is 0 Å². The van der Waals surface area contributed by atoms with Gasteiger partial charge in [-0.25, -0.2) is 9.97 Å². The van der Waals surface area contributed by atoms with Crippen LogP contribution in [-0.4, -0.2) is 19.6 Å². The van der Waals surface area contributed by atoms with Crippen LogP contribution < -0.4 is 5.73 Å². The molecule has 3 N–H and O–H groups in total. The minimum absolute atomic E-state index is 0.172. The highest BCUT2D eigenvalue weighted by molar-refractivity contribution is 5.91. The number of benzene rings is 1. The number of aromatic nitrogens is 3. The van der Waals surface area contributed by atoms with E-state index in [-0.39, 0.29) is 5.75 Å². The van der Waals surface area contributed by atoms with Crippen LogP contribution in [0.2, 0.25) is 0 Å². The van der Waals surface area contributed by atoms with Crippen molar-refractivity contribution in [1.29, 1.82) is 5.26 Å². The minimum atomic E-state index is 0.172. The van der Waals surface area contributed by atoms with Gasteiger partial charge < -0.3 is 10.8 Å². The number of rotatable bonds is 1. The summed E-state index contributed by atoms with van der Waals surface area (Å²) in [7, 11) is 0. The van der Waals surface area contributed by atoms with Gasteiger partial charge in [-0.3, -0.25) is 4.57 Å². The molecule has 0 saturated carbocycles. The van der Waals surface area contributed by atoms with Gasteiger partial charge in [0.15, 0.2) is 5.65 Å².